The molecule has 1 heterocycles. The summed E-state index contributed by atoms with van der Waals surface area (Å²) in [6.45, 7) is 15.1. The minimum Gasteiger partial charge on any atom is -0.459 e. The van der Waals surface area contributed by atoms with Gasteiger partial charge in [0.15, 0.2) is 0 Å². The Hall–Kier alpha value is -0.910. The predicted molar refractivity (Wildman–Crippen MR) is 135 cm³/mol. The second-order valence-corrected chi connectivity index (χ2v) is 14.7. The van der Waals surface area contributed by atoms with Gasteiger partial charge in [-0.05, 0) is 98.2 Å². The molecule has 0 aromatic rings. The van der Waals surface area contributed by atoms with E-state index in [0.29, 0.717) is 18.3 Å². The number of cyclic esters (lactones) is 1. The molecule has 0 aromatic carbocycles. The molecule has 198 valence electrons. The summed E-state index contributed by atoms with van der Waals surface area (Å²) < 4.78 is 5.67. The fourth-order valence-corrected chi connectivity index (χ4v) is 9.99. The molecule has 4 fully saturated rings. The van der Waals surface area contributed by atoms with Gasteiger partial charge in [-0.25, -0.2) is 0 Å². The standard InChI is InChI=1S/C30H48O5/c1-26(2)22-9-8-20-19(28(22,5)13-12-23(26)31)11-15-29(6)18(10-14-30(20,29)7)17-16-21(35-25(17)33)24(32)27(3,4)34/h8,17-19,21-24,31-32,34H,9-16H2,1-7H3/t17-,18-,19-,21+,22-,23+,24-,28+,29-,30+/m0/s1. The minimum absolute atomic E-state index is 0.0144. The zero-order valence-corrected chi connectivity index (χ0v) is 22.9. The molecule has 0 radical (unpaired) electrons. The molecule has 0 amide bonds. The van der Waals surface area contributed by atoms with E-state index in [1.165, 1.54) is 0 Å². The third-order valence-corrected chi connectivity index (χ3v) is 12.5. The van der Waals surface area contributed by atoms with Crippen molar-refractivity contribution in [1.29, 1.82) is 0 Å². The minimum atomic E-state index is -1.30. The second-order valence-electron chi connectivity index (χ2n) is 14.7. The average molecular weight is 489 g/mol. The summed E-state index contributed by atoms with van der Waals surface area (Å²) in [6, 6.07) is 0. The summed E-state index contributed by atoms with van der Waals surface area (Å²) in [5.41, 5.74) is 0.538. The number of carbonyl (C=O) groups is 1. The van der Waals surface area contributed by atoms with Gasteiger partial charge in [-0.2, -0.15) is 0 Å². The largest absolute Gasteiger partial charge is 0.459 e. The summed E-state index contributed by atoms with van der Waals surface area (Å²) >= 11 is 0. The van der Waals surface area contributed by atoms with E-state index in [1.54, 1.807) is 19.4 Å². The maximum atomic E-state index is 13.1. The van der Waals surface area contributed by atoms with Crippen molar-refractivity contribution in [2.45, 2.75) is 124 Å². The predicted octanol–water partition coefficient (Wildman–Crippen LogP) is 5.02. The fourth-order valence-electron chi connectivity index (χ4n) is 9.99. The van der Waals surface area contributed by atoms with Crippen LogP contribution in [0, 0.1) is 45.3 Å². The number of aliphatic hydroxyl groups excluding tert-OH is 2. The molecule has 5 heteroatoms. The highest BCUT2D eigenvalue weighted by atomic mass is 16.6. The molecule has 1 aliphatic heterocycles. The lowest BCUT2D eigenvalue weighted by Crippen LogP contribution is -2.58. The molecule has 5 aliphatic rings. The Morgan fingerprint density at radius 3 is 2.40 bits per heavy atom. The van der Waals surface area contributed by atoms with Crippen molar-refractivity contribution in [3.63, 3.8) is 0 Å². The Labute approximate surface area is 211 Å². The summed E-state index contributed by atoms with van der Waals surface area (Å²) in [7, 11) is 0. The molecule has 5 nitrogen and oxygen atoms in total. The number of fused-ring (bicyclic) bond motifs is 5. The second kappa shape index (κ2) is 7.80. The number of carbonyl (C=O) groups excluding carboxylic acids is 1. The quantitative estimate of drug-likeness (QED) is 0.384. The van der Waals surface area contributed by atoms with Gasteiger partial charge in [0.05, 0.1) is 17.6 Å². The molecule has 1 saturated heterocycles. The molecule has 0 spiro atoms. The fraction of sp³-hybridized carbons (Fsp3) is 0.900. The molecule has 5 rings (SSSR count). The van der Waals surface area contributed by atoms with Gasteiger partial charge in [0, 0.05) is 6.42 Å². The van der Waals surface area contributed by atoms with Gasteiger partial charge in [-0.1, -0.05) is 46.3 Å². The van der Waals surface area contributed by atoms with Crippen molar-refractivity contribution in [3.8, 4) is 0 Å². The monoisotopic (exact) mass is 488 g/mol. The first-order chi connectivity index (χ1) is 16.1. The highest BCUT2D eigenvalue weighted by Gasteiger charge is 2.67. The van der Waals surface area contributed by atoms with Crippen LogP contribution in [0.15, 0.2) is 11.6 Å². The van der Waals surface area contributed by atoms with E-state index in [-0.39, 0.29) is 45.6 Å². The molecule has 10 atom stereocenters. The molecule has 0 bridgehead atoms. The number of aliphatic hydroxyl groups is 3. The normalized spacial score (nSPS) is 50.0. The van der Waals surface area contributed by atoms with Crippen molar-refractivity contribution in [1.82, 2.24) is 0 Å². The van der Waals surface area contributed by atoms with Gasteiger partial charge in [-0.15, -0.1) is 0 Å². The van der Waals surface area contributed by atoms with Gasteiger partial charge in [0.2, 0.25) is 0 Å². The summed E-state index contributed by atoms with van der Waals surface area (Å²) in [5.74, 6) is 0.868. The molecule has 4 aliphatic carbocycles. The zero-order valence-electron chi connectivity index (χ0n) is 22.9. The maximum absolute atomic E-state index is 13.1. The lowest BCUT2D eigenvalue weighted by molar-refractivity contribution is -0.157. The van der Waals surface area contributed by atoms with Crippen molar-refractivity contribution >= 4 is 5.97 Å². The van der Waals surface area contributed by atoms with Crippen LogP contribution in [0.3, 0.4) is 0 Å². The topological polar surface area (TPSA) is 87.0 Å². The lowest BCUT2D eigenvalue weighted by Gasteiger charge is -2.64. The Kier molecular flexibility index (Phi) is 5.73. The average Bonchev–Trinajstić information content (AvgIpc) is 3.26. The van der Waals surface area contributed by atoms with Crippen LogP contribution in [0.5, 0.6) is 0 Å². The van der Waals surface area contributed by atoms with Crippen LogP contribution in [-0.4, -0.2) is 45.2 Å². The third kappa shape index (κ3) is 3.39. The van der Waals surface area contributed by atoms with Crippen LogP contribution in [0.2, 0.25) is 0 Å². The highest BCUT2D eigenvalue weighted by Crippen LogP contribution is 2.73. The Morgan fingerprint density at radius 1 is 1.06 bits per heavy atom. The first-order valence-electron chi connectivity index (χ1n) is 14.1. The van der Waals surface area contributed by atoms with Crippen molar-refractivity contribution in [3.05, 3.63) is 11.6 Å². The molecule has 0 unspecified atom stereocenters. The highest BCUT2D eigenvalue weighted by molar-refractivity contribution is 5.75. The number of allylic oxidation sites excluding steroid dienone is 2. The SMILES string of the molecule is CC(C)(O)[C@@H](O)[C@H]1C[C@@H]([C@@H]2CC[C@]3(C)C4=CC[C@H]5C(C)(C)[C@H](O)CC[C@]5(C)[C@H]4CC[C@@]23C)C(=O)O1. The van der Waals surface area contributed by atoms with Crippen molar-refractivity contribution in [2.24, 2.45) is 45.3 Å². The van der Waals surface area contributed by atoms with Crippen LogP contribution >= 0.6 is 0 Å². The van der Waals surface area contributed by atoms with Crippen LogP contribution in [0.25, 0.3) is 0 Å². The van der Waals surface area contributed by atoms with Gasteiger partial charge in [0.1, 0.15) is 12.2 Å². The van der Waals surface area contributed by atoms with Crippen LogP contribution in [0.1, 0.15) is 99.8 Å². The Morgan fingerprint density at radius 2 is 1.74 bits per heavy atom. The Balaban J connectivity index is 1.44. The number of hydrogen-bond donors (Lipinski definition) is 3. The molecule has 3 N–H and O–H groups in total. The Bertz CT molecular complexity index is 916. The van der Waals surface area contributed by atoms with E-state index >= 15 is 0 Å². The number of esters is 1. The van der Waals surface area contributed by atoms with Gasteiger partial charge >= 0.3 is 5.97 Å². The van der Waals surface area contributed by atoms with E-state index in [0.717, 1.165) is 44.9 Å². The molecule has 3 saturated carbocycles. The molecular formula is C30H48O5. The summed E-state index contributed by atoms with van der Waals surface area (Å²) in [5, 5.41) is 31.7. The van der Waals surface area contributed by atoms with E-state index in [9.17, 15) is 20.1 Å². The molecular weight excluding hydrogens is 440 g/mol. The van der Waals surface area contributed by atoms with Gasteiger partial charge in [0.25, 0.3) is 0 Å². The smallest absolute Gasteiger partial charge is 0.309 e. The van der Waals surface area contributed by atoms with Crippen LogP contribution in [0.4, 0.5) is 0 Å². The van der Waals surface area contributed by atoms with Crippen LogP contribution in [-0.2, 0) is 9.53 Å². The number of rotatable bonds is 3. The first-order valence-corrected chi connectivity index (χ1v) is 14.1. The van der Waals surface area contributed by atoms with E-state index in [2.05, 4.69) is 40.7 Å². The number of hydrogen-bond acceptors (Lipinski definition) is 5. The van der Waals surface area contributed by atoms with Crippen molar-refractivity contribution in [2.75, 3.05) is 0 Å². The maximum Gasteiger partial charge on any atom is 0.309 e. The van der Waals surface area contributed by atoms with E-state index < -0.39 is 17.8 Å². The van der Waals surface area contributed by atoms with Crippen molar-refractivity contribution < 1.29 is 24.9 Å². The summed E-state index contributed by atoms with van der Waals surface area (Å²) in [6.07, 6.45) is 8.46. The molecule has 0 aromatic heterocycles. The first kappa shape index (κ1) is 25.7. The zero-order chi connectivity index (χ0) is 25.8. The third-order valence-electron chi connectivity index (χ3n) is 12.5. The lowest BCUT2D eigenvalue weighted by atomic mass is 9.41. The van der Waals surface area contributed by atoms with Gasteiger partial charge < -0.3 is 20.1 Å². The van der Waals surface area contributed by atoms with Crippen LogP contribution < -0.4 is 0 Å². The van der Waals surface area contributed by atoms with E-state index in [4.69, 9.17) is 4.74 Å². The summed E-state index contributed by atoms with van der Waals surface area (Å²) in [4.78, 5) is 13.1. The molecule has 35 heavy (non-hydrogen) atoms. The van der Waals surface area contributed by atoms with E-state index in [1.807, 2.05) is 0 Å². The number of ether oxygens (including phenoxy) is 1. The van der Waals surface area contributed by atoms with Gasteiger partial charge in [-0.3, -0.25) is 4.79 Å².